The lowest BCUT2D eigenvalue weighted by molar-refractivity contribution is -0.0942. The van der Waals surface area contributed by atoms with Gasteiger partial charge in [0.1, 0.15) is 0 Å². The fraction of sp³-hybridized carbons (Fsp3) is 0.739. The van der Waals surface area contributed by atoms with Crippen molar-refractivity contribution in [3.05, 3.63) is 29.8 Å². The molecular formula is C23H37NO3S. The summed E-state index contributed by atoms with van der Waals surface area (Å²) in [7, 11) is -3.67. The predicted molar refractivity (Wildman–Crippen MR) is 114 cm³/mol. The smallest absolute Gasteiger partial charge is 0.240 e. The van der Waals surface area contributed by atoms with E-state index in [4.69, 9.17) is 0 Å². The van der Waals surface area contributed by atoms with Crippen LogP contribution >= 0.6 is 0 Å². The number of nitrogens with one attached hydrogen (secondary N) is 1. The molecule has 0 radical (unpaired) electrons. The summed E-state index contributed by atoms with van der Waals surface area (Å²) in [6, 6.07) is 6.53. The van der Waals surface area contributed by atoms with E-state index in [1.807, 2.05) is 19.1 Å². The third kappa shape index (κ3) is 4.63. The minimum Gasteiger partial charge on any atom is -0.388 e. The molecule has 2 fully saturated rings. The van der Waals surface area contributed by atoms with Crippen LogP contribution in [0.2, 0.25) is 0 Å². The van der Waals surface area contributed by atoms with Gasteiger partial charge in [0.15, 0.2) is 0 Å². The maximum Gasteiger partial charge on any atom is 0.240 e. The molecule has 2 N–H and O–H groups in total. The van der Waals surface area contributed by atoms with Crippen LogP contribution in [-0.2, 0) is 10.0 Å². The zero-order chi connectivity index (χ0) is 20.4. The molecule has 2 aliphatic carbocycles. The van der Waals surface area contributed by atoms with Gasteiger partial charge in [0.05, 0.1) is 16.5 Å². The summed E-state index contributed by atoms with van der Waals surface area (Å²) in [4.78, 5) is 0.284. The Morgan fingerprint density at radius 1 is 1.00 bits per heavy atom. The first-order valence-electron chi connectivity index (χ1n) is 11.0. The second kappa shape index (κ2) is 8.85. The largest absolute Gasteiger partial charge is 0.388 e. The van der Waals surface area contributed by atoms with Crippen LogP contribution in [0, 0.1) is 24.7 Å². The van der Waals surface area contributed by atoms with Crippen molar-refractivity contribution in [2.24, 2.45) is 17.8 Å². The van der Waals surface area contributed by atoms with Gasteiger partial charge in [-0.1, -0.05) is 57.2 Å². The molecule has 1 atom stereocenters. The molecule has 0 amide bonds. The van der Waals surface area contributed by atoms with Crippen molar-refractivity contribution in [1.29, 1.82) is 0 Å². The van der Waals surface area contributed by atoms with Crippen LogP contribution in [-0.4, -0.2) is 25.2 Å². The maximum absolute atomic E-state index is 13.2. The van der Waals surface area contributed by atoms with E-state index >= 15 is 0 Å². The highest BCUT2D eigenvalue weighted by molar-refractivity contribution is 7.89. The van der Waals surface area contributed by atoms with E-state index in [0.29, 0.717) is 12.3 Å². The standard InChI is InChI=1S/C23H37NO3S/c1-17(2)16-22(24-28(26,27)21-14-12-18(3)13-15-21)23(25,19-8-4-5-9-19)20-10-6-7-11-20/h12-15,17,19-20,22,24-25H,4-11,16H2,1-3H3/t22-/m0/s1. The predicted octanol–water partition coefficient (Wildman–Crippen LogP) is 4.80. The molecule has 0 heterocycles. The molecular weight excluding hydrogens is 370 g/mol. The summed E-state index contributed by atoms with van der Waals surface area (Å²) in [5, 5.41) is 12.1. The van der Waals surface area contributed by atoms with Crippen LogP contribution in [0.15, 0.2) is 29.2 Å². The Bertz CT molecular complexity index is 714. The van der Waals surface area contributed by atoms with Crippen LogP contribution < -0.4 is 4.72 Å². The summed E-state index contributed by atoms with van der Waals surface area (Å²) in [6.07, 6.45) is 9.24. The molecule has 28 heavy (non-hydrogen) atoms. The third-order valence-electron chi connectivity index (χ3n) is 6.91. The molecule has 0 saturated heterocycles. The number of hydrogen-bond acceptors (Lipinski definition) is 3. The van der Waals surface area contributed by atoms with Crippen molar-refractivity contribution in [3.63, 3.8) is 0 Å². The van der Waals surface area contributed by atoms with Crippen LogP contribution in [0.4, 0.5) is 0 Å². The van der Waals surface area contributed by atoms with Gasteiger partial charge >= 0.3 is 0 Å². The van der Waals surface area contributed by atoms with Crippen molar-refractivity contribution >= 4 is 10.0 Å². The second-order valence-electron chi connectivity index (χ2n) is 9.47. The Morgan fingerprint density at radius 3 is 1.89 bits per heavy atom. The van der Waals surface area contributed by atoms with Gasteiger partial charge in [0, 0.05) is 0 Å². The highest BCUT2D eigenvalue weighted by Crippen LogP contribution is 2.47. The molecule has 2 saturated carbocycles. The Morgan fingerprint density at radius 2 is 1.46 bits per heavy atom. The van der Waals surface area contributed by atoms with Crippen molar-refractivity contribution in [3.8, 4) is 0 Å². The van der Waals surface area contributed by atoms with E-state index in [9.17, 15) is 13.5 Å². The average molecular weight is 408 g/mol. The van der Waals surface area contributed by atoms with Gasteiger partial charge < -0.3 is 5.11 Å². The topological polar surface area (TPSA) is 66.4 Å². The Hall–Kier alpha value is -0.910. The number of benzene rings is 1. The van der Waals surface area contributed by atoms with Gasteiger partial charge in [-0.2, -0.15) is 0 Å². The summed E-state index contributed by atoms with van der Waals surface area (Å²) in [5.74, 6) is 0.695. The van der Waals surface area contributed by atoms with Crippen molar-refractivity contribution in [2.75, 3.05) is 0 Å². The summed E-state index contributed by atoms with van der Waals surface area (Å²) in [5.41, 5.74) is 0.0841. The SMILES string of the molecule is Cc1ccc(S(=O)(=O)N[C@@H](CC(C)C)C(O)(C2CCCC2)C2CCCC2)cc1. The van der Waals surface area contributed by atoms with Crippen LogP contribution in [0.1, 0.15) is 77.2 Å². The summed E-state index contributed by atoms with van der Waals surface area (Å²) >= 11 is 0. The van der Waals surface area contributed by atoms with Gasteiger partial charge in [0.25, 0.3) is 0 Å². The molecule has 158 valence electrons. The van der Waals surface area contributed by atoms with Crippen molar-refractivity contribution < 1.29 is 13.5 Å². The molecule has 5 heteroatoms. The van der Waals surface area contributed by atoms with E-state index in [1.54, 1.807) is 12.1 Å². The highest BCUT2D eigenvalue weighted by atomic mass is 32.2. The molecule has 0 bridgehead atoms. The lowest BCUT2D eigenvalue weighted by Crippen LogP contribution is -2.60. The molecule has 1 aromatic carbocycles. The second-order valence-corrected chi connectivity index (χ2v) is 11.2. The Kier molecular flexibility index (Phi) is 6.88. The number of sulfonamides is 1. The van der Waals surface area contributed by atoms with Crippen LogP contribution in [0.5, 0.6) is 0 Å². The summed E-state index contributed by atoms with van der Waals surface area (Å²) < 4.78 is 29.4. The van der Waals surface area contributed by atoms with Gasteiger partial charge in [-0.3, -0.25) is 0 Å². The normalized spacial score (nSPS) is 20.9. The number of aliphatic hydroxyl groups is 1. The fourth-order valence-electron chi connectivity index (χ4n) is 5.45. The molecule has 3 rings (SSSR count). The van der Waals surface area contributed by atoms with Gasteiger partial charge in [0.2, 0.25) is 10.0 Å². The van der Waals surface area contributed by atoms with Crippen molar-refractivity contribution in [2.45, 2.75) is 95.1 Å². The Labute approximate surface area is 171 Å². The van der Waals surface area contributed by atoms with E-state index in [-0.39, 0.29) is 16.7 Å². The van der Waals surface area contributed by atoms with Gasteiger partial charge in [-0.05, 0) is 68.9 Å². The van der Waals surface area contributed by atoms with E-state index in [1.165, 1.54) is 0 Å². The quantitative estimate of drug-likeness (QED) is 0.650. The molecule has 0 spiro atoms. The van der Waals surface area contributed by atoms with E-state index in [0.717, 1.165) is 56.9 Å². The number of rotatable bonds is 8. The highest BCUT2D eigenvalue weighted by Gasteiger charge is 2.51. The molecule has 0 unspecified atom stereocenters. The molecule has 4 nitrogen and oxygen atoms in total. The van der Waals surface area contributed by atoms with Crippen LogP contribution in [0.3, 0.4) is 0 Å². The first kappa shape index (κ1) is 21.8. The van der Waals surface area contributed by atoms with Gasteiger partial charge in [-0.15, -0.1) is 0 Å². The van der Waals surface area contributed by atoms with Crippen LogP contribution in [0.25, 0.3) is 0 Å². The first-order chi connectivity index (χ1) is 13.2. The lowest BCUT2D eigenvalue weighted by atomic mass is 9.69. The minimum atomic E-state index is -3.67. The van der Waals surface area contributed by atoms with Crippen molar-refractivity contribution in [1.82, 2.24) is 4.72 Å². The number of aryl methyl sites for hydroxylation is 1. The minimum absolute atomic E-state index is 0.195. The zero-order valence-electron chi connectivity index (χ0n) is 17.7. The fourth-order valence-corrected chi connectivity index (χ4v) is 6.74. The van der Waals surface area contributed by atoms with Gasteiger partial charge in [-0.25, -0.2) is 13.1 Å². The first-order valence-corrected chi connectivity index (χ1v) is 12.5. The summed E-state index contributed by atoms with van der Waals surface area (Å²) in [6.45, 7) is 6.16. The molecule has 0 aromatic heterocycles. The molecule has 2 aliphatic rings. The Balaban J connectivity index is 1.95. The average Bonchev–Trinajstić information content (AvgIpc) is 3.34. The number of hydrogen-bond donors (Lipinski definition) is 2. The molecule has 0 aliphatic heterocycles. The maximum atomic E-state index is 13.2. The third-order valence-corrected chi connectivity index (χ3v) is 8.40. The monoisotopic (exact) mass is 407 g/mol. The molecule has 1 aromatic rings. The van der Waals surface area contributed by atoms with E-state index < -0.39 is 21.7 Å². The lowest BCUT2D eigenvalue weighted by Gasteiger charge is -2.46. The van der Waals surface area contributed by atoms with E-state index in [2.05, 4.69) is 18.6 Å². The zero-order valence-corrected chi connectivity index (χ0v) is 18.5.